The van der Waals surface area contributed by atoms with Crippen LogP contribution in [-0.4, -0.2) is 33.2 Å². The van der Waals surface area contributed by atoms with Gasteiger partial charge in [0.1, 0.15) is 4.88 Å². The fourth-order valence-corrected chi connectivity index (χ4v) is 3.20. The molecule has 1 aromatic carbocycles. The smallest absolute Gasteiger partial charge is 0.350 e. The average molecular weight is 370 g/mol. The van der Waals surface area contributed by atoms with Gasteiger partial charge in [-0.05, 0) is 19.9 Å². The molecule has 0 fully saturated rings. The van der Waals surface area contributed by atoms with Gasteiger partial charge in [0.25, 0.3) is 5.91 Å². The predicted octanol–water partition coefficient (Wildman–Crippen LogP) is 3.46. The Hall–Kier alpha value is -3.00. The Morgan fingerprint density at radius 3 is 2.62 bits per heavy atom. The molecule has 7 nitrogen and oxygen atoms in total. The Morgan fingerprint density at radius 1 is 1.19 bits per heavy atom. The summed E-state index contributed by atoms with van der Waals surface area (Å²) in [5.41, 5.74) is 1.56. The predicted molar refractivity (Wildman–Crippen MR) is 99.4 cm³/mol. The first kappa shape index (κ1) is 17.8. The van der Waals surface area contributed by atoms with E-state index in [9.17, 15) is 9.59 Å². The molecule has 8 heteroatoms. The standard InChI is InChI=1S/C18H18N4O3S/c1-3-22-11-10-13(21-22)16(23)20-18-19-14(12-8-6-5-7-9-12)15(26-18)17(24)25-4-2/h5-11H,3-4H2,1-2H3,(H,19,20,23). The number of aryl methyl sites for hydroxylation is 1. The van der Waals surface area contributed by atoms with Crippen molar-refractivity contribution in [1.29, 1.82) is 0 Å². The van der Waals surface area contributed by atoms with Gasteiger partial charge in [-0.3, -0.25) is 14.8 Å². The number of nitrogens with zero attached hydrogens (tertiary/aromatic N) is 3. The summed E-state index contributed by atoms with van der Waals surface area (Å²) < 4.78 is 6.78. The van der Waals surface area contributed by atoms with E-state index >= 15 is 0 Å². The van der Waals surface area contributed by atoms with Crippen LogP contribution in [0, 0.1) is 0 Å². The highest BCUT2D eigenvalue weighted by atomic mass is 32.1. The molecule has 0 unspecified atom stereocenters. The van der Waals surface area contributed by atoms with Crippen LogP contribution < -0.4 is 5.32 Å². The second kappa shape index (κ2) is 7.92. The number of esters is 1. The zero-order valence-corrected chi connectivity index (χ0v) is 15.2. The first-order valence-electron chi connectivity index (χ1n) is 8.20. The van der Waals surface area contributed by atoms with Crippen molar-refractivity contribution in [3.8, 4) is 11.3 Å². The SMILES string of the molecule is CCOC(=O)c1sc(NC(=O)c2ccn(CC)n2)nc1-c1ccccc1. The van der Waals surface area contributed by atoms with Crippen molar-refractivity contribution >= 4 is 28.3 Å². The number of amides is 1. The molecule has 3 rings (SSSR count). The van der Waals surface area contributed by atoms with E-state index in [1.807, 2.05) is 37.3 Å². The third-order valence-electron chi connectivity index (χ3n) is 3.55. The van der Waals surface area contributed by atoms with Crippen molar-refractivity contribution in [2.24, 2.45) is 0 Å². The van der Waals surface area contributed by atoms with Crippen LogP contribution in [0.3, 0.4) is 0 Å². The lowest BCUT2D eigenvalue weighted by atomic mass is 10.1. The van der Waals surface area contributed by atoms with Crippen molar-refractivity contribution in [3.05, 3.63) is 53.2 Å². The van der Waals surface area contributed by atoms with Crippen molar-refractivity contribution in [3.63, 3.8) is 0 Å². The highest BCUT2D eigenvalue weighted by Gasteiger charge is 2.22. The Morgan fingerprint density at radius 2 is 1.96 bits per heavy atom. The highest BCUT2D eigenvalue weighted by Crippen LogP contribution is 2.32. The number of anilines is 1. The summed E-state index contributed by atoms with van der Waals surface area (Å²) in [7, 11) is 0. The molecule has 2 heterocycles. The minimum Gasteiger partial charge on any atom is -0.462 e. The lowest BCUT2D eigenvalue weighted by molar-refractivity contribution is 0.0532. The Kier molecular flexibility index (Phi) is 5.43. The van der Waals surface area contributed by atoms with Gasteiger partial charge in [0.2, 0.25) is 0 Å². The lowest BCUT2D eigenvalue weighted by Crippen LogP contribution is -2.13. The van der Waals surface area contributed by atoms with Gasteiger partial charge < -0.3 is 4.74 Å². The molecule has 0 atom stereocenters. The second-order valence-corrected chi connectivity index (χ2v) is 6.29. The molecule has 0 bridgehead atoms. The second-order valence-electron chi connectivity index (χ2n) is 5.29. The molecule has 0 aliphatic rings. The minimum atomic E-state index is -0.459. The minimum absolute atomic E-state index is 0.265. The van der Waals surface area contributed by atoms with Crippen molar-refractivity contribution in [1.82, 2.24) is 14.8 Å². The molecule has 1 N–H and O–H groups in total. The quantitative estimate of drug-likeness (QED) is 0.672. The van der Waals surface area contributed by atoms with Gasteiger partial charge in [0.15, 0.2) is 10.8 Å². The maximum absolute atomic E-state index is 12.4. The molecular weight excluding hydrogens is 352 g/mol. The largest absolute Gasteiger partial charge is 0.462 e. The maximum atomic E-state index is 12.4. The maximum Gasteiger partial charge on any atom is 0.350 e. The first-order valence-corrected chi connectivity index (χ1v) is 9.02. The van der Waals surface area contributed by atoms with Gasteiger partial charge in [-0.25, -0.2) is 9.78 Å². The first-order chi connectivity index (χ1) is 12.6. The average Bonchev–Trinajstić information content (AvgIpc) is 3.29. The molecule has 0 aliphatic heterocycles. The van der Waals surface area contributed by atoms with Crippen molar-refractivity contribution in [2.45, 2.75) is 20.4 Å². The fraction of sp³-hybridized carbons (Fsp3) is 0.222. The fourth-order valence-electron chi connectivity index (χ4n) is 2.32. The number of carbonyl (C=O) groups is 2. The van der Waals surface area contributed by atoms with E-state index in [1.165, 1.54) is 0 Å². The molecule has 134 valence electrons. The third kappa shape index (κ3) is 3.80. The lowest BCUT2D eigenvalue weighted by Gasteiger charge is -2.01. The van der Waals surface area contributed by atoms with Crippen molar-refractivity contribution < 1.29 is 14.3 Å². The van der Waals surface area contributed by atoms with Crippen LogP contribution >= 0.6 is 11.3 Å². The Labute approximate surface area is 154 Å². The molecule has 3 aromatic rings. The van der Waals surface area contributed by atoms with Gasteiger partial charge in [-0.1, -0.05) is 41.7 Å². The van der Waals surface area contributed by atoms with Crippen LogP contribution in [0.15, 0.2) is 42.6 Å². The normalized spacial score (nSPS) is 10.5. The van der Waals surface area contributed by atoms with Crippen LogP contribution in [0.2, 0.25) is 0 Å². The van der Waals surface area contributed by atoms with Gasteiger partial charge in [-0.15, -0.1) is 0 Å². The summed E-state index contributed by atoms with van der Waals surface area (Å²) in [5, 5.41) is 7.20. The van der Waals surface area contributed by atoms with E-state index < -0.39 is 5.97 Å². The van der Waals surface area contributed by atoms with Gasteiger partial charge >= 0.3 is 5.97 Å². The molecule has 26 heavy (non-hydrogen) atoms. The van der Waals surface area contributed by atoms with Crippen LogP contribution in [-0.2, 0) is 11.3 Å². The van der Waals surface area contributed by atoms with Gasteiger partial charge in [-0.2, -0.15) is 5.10 Å². The molecule has 0 radical (unpaired) electrons. The number of ether oxygens (including phenoxy) is 1. The number of rotatable bonds is 6. The summed E-state index contributed by atoms with van der Waals surface area (Å²) >= 11 is 1.09. The molecule has 0 aliphatic carbocycles. The number of carbonyl (C=O) groups excluding carboxylic acids is 2. The summed E-state index contributed by atoms with van der Waals surface area (Å²) in [4.78, 5) is 29.4. The molecule has 0 spiro atoms. The summed E-state index contributed by atoms with van der Waals surface area (Å²) in [5.74, 6) is -0.833. The number of hydrogen-bond donors (Lipinski definition) is 1. The van der Waals surface area contributed by atoms with E-state index in [4.69, 9.17) is 4.74 Å². The van der Waals surface area contributed by atoms with E-state index in [2.05, 4.69) is 15.4 Å². The van der Waals surface area contributed by atoms with Gasteiger partial charge in [0, 0.05) is 18.3 Å². The monoisotopic (exact) mass is 370 g/mol. The zero-order chi connectivity index (χ0) is 18.5. The summed E-state index contributed by atoms with van der Waals surface area (Å²) in [6.45, 7) is 4.62. The Bertz CT molecular complexity index is 918. The van der Waals surface area contributed by atoms with Crippen LogP contribution in [0.25, 0.3) is 11.3 Å². The highest BCUT2D eigenvalue weighted by molar-refractivity contribution is 7.18. The van der Waals surface area contributed by atoms with Gasteiger partial charge in [0.05, 0.1) is 12.3 Å². The summed E-state index contributed by atoms with van der Waals surface area (Å²) in [6.07, 6.45) is 1.73. The van der Waals surface area contributed by atoms with Crippen LogP contribution in [0.1, 0.15) is 34.0 Å². The molecular formula is C18H18N4O3S. The number of benzene rings is 1. The summed E-state index contributed by atoms with van der Waals surface area (Å²) in [6, 6.07) is 10.9. The molecule has 0 saturated heterocycles. The van der Waals surface area contributed by atoms with Crippen LogP contribution in [0.5, 0.6) is 0 Å². The van der Waals surface area contributed by atoms with E-state index in [1.54, 1.807) is 23.9 Å². The topological polar surface area (TPSA) is 86.1 Å². The number of hydrogen-bond acceptors (Lipinski definition) is 6. The number of thiazole rings is 1. The van der Waals surface area contributed by atoms with Crippen molar-refractivity contribution in [2.75, 3.05) is 11.9 Å². The van der Waals surface area contributed by atoms with E-state index in [-0.39, 0.29) is 12.5 Å². The zero-order valence-electron chi connectivity index (χ0n) is 14.4. The van der Waals surface area contributed by atoms with Crippen LogP contribution in [0.4, 0.5) is 5.13 Å². The van der Waals surface area contributed by atoms with E-state index in [0.29, 0.717) is 27.9 Å². The number of nitrogens with one attached hydrogen (secondary N) is 1. The number of aromatic nitrogens is 3. The van der Waals surface area contributed by atoms with E-state index in [0.717, 1.165) is 16.9 Å². The molecule has 2 aromatic heterocycles. The molecule has 1 amide bonds. The third-order valence-corrected chi connectivity index (χ3v) is 4.50. The molecule has 0 saturated carbocycles. The Balaban J connectivity index is 1.90.